The van der Waals surface area contributed by atoms with Crippen LogP contribution in [0.3, 0.4) is 0 Å². The summed E-state index contributed by atoms with van der Waals surface area (Å²) < 4.78 is 36.8. The first-order chi connectivity index (χ1) is 5.79. The van der Waals surface area contributed by atoms with Gasteiger partial charge in [0.15, 0.2) is 0 Å². The lowest BCUT2D eigenvalue weighted by molar-refractivity contribution is -0.0893. The van der Waals surface area contributed by atoms with E-state index in [1.165, 1.54) is 13.0 Å². The molecule has 2 N–H and O–H groups in total. The SMILES string of the molecule is C=C(C)/C(=C\C(N)=C/C)C(F)(F)F. The summed E-state index contributed by atoms with van der Waals surface area (Å²) in [6.45, 7) is 6.10. The molecule has 0 aliphatic carbocycles. The van der Waals surface area contributed by atoms with Gasteiger partial charge in [-0.05, 0) is 25.5 Å². The van der Waals surface area contributed by atoms with Gasteiger partial charge < -0.3 is 5.73 Å². The minimum atomic E-state index is -4.39. The molecule has 1 nitrogen and oxygen atoms in total. The Morgan fingerprint density at radius 2 is 1.85 bits per heavy atom. The smallest absolute Gasteiger partial charge is 0.399 e. The van der Waals surface area contributed by atoms with Crippen molar-refractivity contribution in [1.82, 2.24) is 0 Å². The zero-order chi connectivity index (χ0) is 10.6. The molecular weight excluding hydrogens is 179 g/mol. The third kappa shape index (κ3) is 3.83. The van der Waals surface area contributed by atoms with Crippen molar-refractivity contribution in [2.45, 2.75) is 20.0 Å². The summed E-state index contributed by atoms with van der Waals surface area (Å²) in [6.07, 6.45) is -2.11. The molecule has 0 rings (SSSR count). The fraction of sp³-hybridized carbons (Fsp3) is 0.333. The quantitative estimate of drug-likeness (QED) is 0.667. The monoisotopic (exact) mass is 191 g/mol. The number of halogens is 3. The first-order valence-electron chi connectivity index (χ1n) is 3.65. The van der Waals surface area contributed by atoms with Gasteiger partial charge in [0.1, 0.15) is 0 Å². The summed E-state index contributed by atoms with van der Waals surface area (Å²) in [5.41, 5.74) is 4.50. The lowest BCUT2D eigenvalue weighted by Gasteiger charge is -2.11. The third-order valence-electron chi connectivity index (χ3n) is 1.41. The van der Waals surface area contributed by atoms with E-state index in [9.17, 15) is 13.2 Å². The molecule has 0 amide bonds. The number of hydrogen-bond acceptors (Lipinski definition) is 1. The summed E-state index contributed by atoms with van der Waals surface area (Å²) in [5, 5.41) is 0. The minimum absolute atomic E-state index is 0.0442. The van der Waals surface area contributed by atoms with Gasteiger partial charge in [0, 0.05) is 5.70 Å². The Bertz CT molecular complexity index is 259. The number of allylic oxidation sites excluding steroid dienone is 4. The molecule has 0 bridgehead atoms. The van der Waals surface area contributed by atoms with Crippen molar-refractivity contribution in [3.8, 4) is 0 Å². The highest BCUT2D eigenvalue weighted by Crippen LogP contribution is 2.30. The average molecular weight is 191 g/mol. The predicted molar refractivity (Wildman–Crippen MR) is 46.9 cm³/mol. The van der Waals surface area contributed by atoms with Crippen LogP contribution >= 0.6 is 0 Å². The predicted octanol–water partition coefficient (Wildman–Crippen LogP) is 2.91. The number of alkyl halides is 3. The molecule has 0 saturated carbocycles. The topological polar surface area (TPSA) is 26.0 Å². The fourth-order valence-electron chi connectivity index (χ4n) is 0.697. The average Bonchev–Trinajstić information content (AvgIpc) is 1.96. The largest absolute Gasteiger partial charge is 0.416 e. The van der Waals surface area contributed by atoms with Gasteiger partial charge in [-0.3, -0.25) is 0 Å². The van der Waals surface area contributed by atoms with Crippen LogP contribution in [-0.4, -0.2) is 6.18 Å². The van der Waals surface area contributed by atoms with Gasteiger partial charge in [0.2, 0.25) is 0 Å². The van der Waals surface area contributed by atoms with Gasteiger partial charge in [0.05, 0.1) is 5.57 Å². The van der Waals surface area contributed by atoms with E-state index in [1.54, 1.807) is 6.92 Å². The molecule has 0 aromatic heterocycles. The molecule has 0 saturated heterocycles. The van der Waals surface area contributed by atoms with E-state index in [2.05, 4.69) is 6.58 Å². The first-order valence-corrected chi connectivity index (χ1v) is 3.65. The number of rotatable bonds is 2. The van der Waals surface area contributed by atoms with Gasteiger partial charge in [-0.25, -0.2) is 0 Å². The van der Waals surface area contributed by atoms with E-state index in [0.717, 1.165) is 6.08 Å². The van der Waals surface area contributed by atoms with Crippen LogP contribution in [0.15, 0.2) is 35.6 Å². The van der Waals surface area contributed by atoms with Crippen molar-refractivity contribution in [1.29, 1.82) is 0 Å². The second kappa shape index (κ2) is 4.16. The fourth-order valence-corrected chi connectivity index (χ4v) is 0.697. The van der Waals surface area contributed by atoms with Crippen molar-refractivity contribution in [3.05, 3.63) is 35.6 Å². The maximum atomic E-state index is 12.3. The molecule has 0 spiro atoms. The van der Waals surface area contributed by atoms with Crippen LogP contribution in [0.1, 0.15) is 13.8 Å². The van der Waals surface area contributed by atoms with E-state index in [0.29, 0.717) is 0 Å². The highest BCUT2D eigenvalue weighted by atomic mass is 19.4. The Balaban J connectivity index is 5.06. The molecule has 4 heteroatoms. The third-order valence-corrected chi connectivity index (χ3v) is 1.41. The second-order valence-corrected chi connectivity index (χ2v) is 2.62. The van der Waals surface area contributed by atoms with Gasteiger partial charge in [-0.2, -0.15) is 13.2 Å². The van der Waals surface area contributed by atoms with Crippen LogP contribution in [-0.2, 0) is 0 Å². The highest BCUT2D eigenvalue weighted by molar-refractivity contribution is 5.36. The first kappa shape index (κ1) is 11.8. The molecule has 0 aromatic rings. The van der Waals surface area contributed by atoms with E-state index >= 15 is 0 Å². The molecule has 74 valence electrons. The Morgan fingerprint density at radius 1 is 1.38 bits per heavy atom. The Hall–Kier alpha value is -1.19. The summed E-state index contributed by atoms with van der Waals surface area (Å²) in [7, 11) is 0. The maximum absolute atomic E-state index is 12.3. The zero-order valence-corrected chi connectivity index (χ0v) is 7.57. The summed E-state index contributed by atoms with van der Waals surface area (Å²) in [4.78, 5) is 0. The van der Waals surface area contributed by atoms with Gasteiger partial charge in [-0.1, -0.05) is 12.7 Å². The number of hydrogen-bond donors (Lipinski definition) is 1. The van der Waals surface area contributed by atoms with Gasteiger partial charge in [0.25, 0.3) is 0 Å². The summed E-state index contributed by atoms with van der Waals surface area (Å²) >= 11 is 0. The lowest BCUT2D eigenvalue weighted by Crippen LogP contribution is -2.13. The van der Waals surface area contributed by atoms with E-state index < -0.39 is 11.7 Å². The van der Waals surface area contributed by atoms with Crippen molar-refractivity contribution >= 4 is 0 Å². The van der Waals surface area contributed by atoms with Crippen LogP contribution in [0.5, 0.6) is 0 Å². The second-order valence-electron chi connectivity index (χ2n) is 2.62. The van der Waals surface area contributed by atoms with E-state index in [1.807, 2.05) is 0 Å². The van der Waals surface area contributed by atoms with Crippen LogP contribution in [0.4, 0.5) is 13.2 Å². The highest BCUT2D eigenvalue weighted by Gasteiger charge is 2.33. The Labute approximate surface area is 75.4 Å². The Morgan fingerprint density at radius 3 is 2.08 bits per heavy atom. The molecule has 0 unspecified atom stereocenters. The van der Waals surface area contributed by atoms with Crippen molar-refractivity contribution in [3.63, 3.8) is 0 Å². The molecule has 0 heterocycles. The van der Waals surface area contributed by atoms with Crippen LogP contribution in [0, 0.1) is 0 Å². The van der Waals surface area contributed by atoms with Crippen LogP contribution < -0.4 is 5.73 Å². The summed E-state index contributed by atoms with van der Waals surface area (Å²) in [6, 6.07) is 0. The molecule has 0 radical (unpaired) electrons. The Kier molecular flexibility index (Phi) is 3.78. The van der Waals surface area contributed by atoms with Crippen molar-refractivity contribution in [2.75, 3.05) is 0 Å². The summed E-state index contributed by atoms with van der Waals surface area (Å²) in [5.74, 6) is 0. The standard InChI is InChI=1S/C9H12F3N/c1-4-7(13)5-8(6(2)3)9(10,11)12/h4-5H,2,13H2,1,3H3/b7-4+,8-5+. The van der Waals surface area contributed by atoms with Gasteiger partial charge in [-0.15, -0.1) is 0 Å². The molecular formula is C9H12F3N. The minimum Gasteiger partial charge on any atom is -0.399 e. The van der Waals surface area contributed by atoms with E-state index in [-0.39, 0.29) is 11.3 Å². The normalized spacial score (nSPS) is 14.5. The van der Waals surface area contributed by atoms with Crippen LogP contribution in [0.2, 0.25) is 0 Å². The molecule has 0 aliphatic rings. The zero-order valence-electron chi connectivity index (χ0n) is 7.57. The molecule has 0 aliphatic heterocycles. The number of nitrogens with two attached hydrogens (primary N) is 1. The van der Waals surface area contributed by atoms with Gasteiger partial charge >= 0.3 is 6.18 Å². The maximum Gasteiger partial charge on any atom is 0.416 e. The molecule has 0 fully saturated rings. The van der Waals surface area contributed by atoms with Crippen molar-refractivity contribution in [2.24, 2.45) is 5.73 Å². The van der Waals surface area contributed by atoms with Crippen molar-refractivity contribution < 1.29 is 13.2 Å². The molecule has 0 atom stereocenters. The lowest BCUT2D eigenvalue weighted by atomic mass is 10.1. The molecule has 13 heavy (non-hydrogen) atoms. The molecule has 0 aromatic carbocycles. The van der Waals surface area contributed by atoms with E-state index in [4.69, 9.17) is 5.73 Å². The van der Waals surface area contributed by atoms with Crippen LogP contribution in [0.25, 0.3) is 0 Å².